The van der Waals surface area contributed by atoms with Crippen LogP contribution >= 0.6 is 74.5 Å². The van der Waals surface area contributed by atoms with Crippen LogP contribution in [0.25, 0.3) is 0 Å². The number of aromatic hydroxyl groups is 1. The van der Waals surface area contributed by atoms with Crippen molar-refractivity contribution in [2.24, 2.45) is 5.10 Å². The Morgan fingerprint density at radius 1 is 0.442 bits per heavy atom. The van der Waals surface area contributed by atoms with Gasteiger partial charge in [0.25, 0.3) is 5.97 Å². The highest BCUT2D eigenvalue weighted by molar-refractivity contribution is 8.12. The summed E-state index contributed by atoms with van der Waals surface area (Å²) in [6.45, 7) is 48.5. The van der Waals surface area contributed by atoms with Gasteiger partial charge in [0.2, 0.25) is 0 Å². The van der Waals surface area contributed by atoms with Crippen LogP contribution in [-0.4, -0.2) is 161 Å². The maximum absolute atomic E-state index is 10.8. The number of hydrogen-bond donors (Lipinski definition) is 9. The Balaban J connectivity index is -0.000000130. The van der Waals surface area contributed by atoms with Crippen LogP contribution < -0.4 is 0 Å². The van der Waals surface area contributed by atoms with Gasteiger partial charge in [0.05, 0.1) is 56.2 Å². The van der Waals surface area contributed by atoms with E-state index in [-0.39, 0.29) is 40.2 Å². The number of aliphatic hydroxyl groups is 2. The quantitative estimate of drug-likeness (QED) is 0.0145. The summed E-state index contributed by atoms with van der Waals surface area (Å²) in [4.78, 5) is 83.4. The molecule has 630 valence electrons. The average molecular weight is 1680 g/mol. The van der Waals surface area contributed by atoms with E-state index in [2.05, 4.69) is 100 Å². The number of aromatic nitrogens is 12. The number of allylic oxidation sites excluding steroid dienone is 4. The van der Waals surface area contributed by atoms with Gasteiger partial charge in [0.1, 0.15) is 23.4 Å². The first-order chi connectivity index (χ1) is 54.1. The number of para-hydroxylation sites is 1. The van der Waals surface area contributed by atoms with Gasteiger partial charge in [-0.3, -0.25) is 39.1 Å². The topological polar surface area (TPSA) is 370 Å². The zero-order valence-electron chi connectivity index (χ0n) is 71.3. The van der Waals surface area contributed by atoms with Crippen LogP contribution in [0.5, 0.6) is 5.75 Å². The molecule has 26 nitrogen and oxygen atoms in total. The van der Waals surface area contributed by atoms with Gasteiger partial charge >= 0.3 is 18.6 Å². The standard InChI is InChI=1S/C12H13BN8.C8H12O2.C8H8O2.C6H5NO2.C6H5NS2.C6H10O2.C5H4N2O2.C5H4N2S2.C2H4O2.C2H4S2.10C2H6/c1-5-14-18(9-1)13(19-10-2-6-15-19,20-11-3-7-16-20)21-12-4-8-17-21;2*1-6(9)7-4-2-3-5-8(7)10;2*8-6(9)5-3-1-2-4-7-5;1-4(5(2)7)6(3)8;2*8-5(9)4-3-6-1-2-7-4;2*1-2(3)4;10*1-2/h1-3,5-12H,4H2;10H,2-5H2,1H3;2-5,10H,1H3;2*1-4H,(H,8,9);7H,1-3H3;2*1-3H,(H,8,9);2*1H3,(H,3,4);10*1-2H3/b;;;;;5-4-;;;;;;;;;;;;;;. The third kappa shape index (κ3) is 62.6. The number of phenols is 1. The van der Waals surface area contributed by atoms with E-state index in [0.29, 0.717) is 47.2 Å². The van der Waals surface area contributed by atoms with Gasteiger partial charge in [-0.15, -0.1) is 37.9 Å². The maximum Gasteiger partial charge on any atom is 0.667 e. The fourth-order valence-corrected chi connectivity index (χ4v) is 7.32. The first-order valence-electron chi connectivity index (χ1n) is 37.1. The number of carbonyl (C=O) groups is 6. The van der Waals surface area contributed by atoms with Gasteiger partial charge in [-0.1, -0.05) is 204 Å². The van der Waals surface area contributed by atoms with E-state index < -0.39 is 24.6 Å². The van der Waals surface area contributed by atoms with Gasteiger partial charge in [0, 0.05) is 84.5 Å². The largest absolute Gasteiger partial charge is 0.667 e. The summed E-state index contributed by atoms with van der Waals surface area (Å²) in [5.41, 5.74) is 2.92. The van der Waals surface area contributed by atoms with Crippen molar-refractivity contribution in [1.29, 1.82) is 0 Å². The number of nitrogens with zero attached hydrogens (tertiary/aromatic N) is 14. The number of benzene rings is 1. The molecule has 7 aromatic heterocycles. The molecular weight excluding hydrogens is 1550 g/mol. The van der Waals surface area contributed by atoms with Gasteiger partial charge < -0.3 is 44.4 Å². The molecular formula is C80H129BN14O12S6. The van der Waals surface area contributed by atoms with E-state index in [4.69, 9.17) is 54.8 Å². The lowest BCUT2D eigenvalue weighted by atomic mass is 9.75. The number of aromatic carboxylic acids is 2. The summed E-state index contributed by atoms with van der Waals surface area (Å²) in [7, 11) is 0. The monoisotopic (exact) mass is 1680 g/mol. The van der Waals surface area contributed by atoms with Crippen molar-refractivity contribution in [1.82, 2.24) is 59.0 Å². The SMILES string of the molecule is C1=N[N+]([B-](n2cccn2)(n2cccn2)n2cccn2)=CC1.CC.CC.CC.CC.CC.CC.CC.CC.CC.CC.CC(=O)/C(C)=C(/C)O.CC(=O)C1=C(O)CCCC1.CC(=O)O.CC(=O)c1ccccc1O.CC(=S)S.O=C(O)c1ccccn1.O=C(O)c1cnccn1.S=C(S)c1ccccn1.S=C(S)c1cnccn1. The number of carboxylic acids is 3. The van der Waals surface area contributed by atoms with E-state index >= 15 is 0 Å². The molecule has 0 unspecified atom stereocenters. The number of aliphatic hydroxyl groups excluding tert-OH is 2. The number of Topliss-reactive ketones (excluding diaryl/α,β-unsaturated/α-hetero) is 3. The Bertz CT molecular complexity index is 3470. The lowest BCUT2D eigenvalue weighted by Crippen LogP contribution is -2.66. The van der Waals surface area contributed by atoms with Crippen LogP contribution in [0.4, 0.5) is 0 Å². The molecule has 33 heteroatoms. The normalized spacial score (nSPS) is 9.98. The third-order valence-electron chi connectivity index (χ3n) is 11.2. The molecule has 0 radical (unpaired) electrons. The second-order valence-electron chi connectivity index (χ2n) is 18.1. The van der Waals surface area contributed by atoms with Crippen LogP contribution in [-0.2, 0) is 14.4 Å². The zero-order valence-corrected chi connectivity index (χ0v) is 76.4. The third-order valence-corrected chi connectivity index (χ3v) is 12.0. The predicted octanol–water partition coefficient (Wildman–Crippen LogP) is 20.5. The molecule has 0 amide bonds. The minimum Gasteiger partial charge on any atom is -0.512 e. The van der Waals surface area contributed by atoms with Crippen molar-refractivity contribution in [3.8, 4) is 5.75 Å². The van der Waals surface area contributed by atoms with Gasteiger partial charge in [-0.25, -0.2) is 39.4 Å². The minimum atomic E-state index is -1.80. The predicted molar refractivity (Wildman–Crippen MR) is 489 cm³/mol. The number of hydrazone groups is 1. The number of rotatable bonds is 11. The fourth-order valence-electron chi connectivity index (χ4n) is 6.85. The molecule has 6 N–H and O–H groups in total. The molecule has 113 heavy (non-hydrogen) atoms. The number of carboxylic acid groups (broad SMARTS) is 3. The molecule has 0 bridgehead atoms. The highest BCUT2D eigenvalue weighted by atomic mass is 32.1. The van der Waals surface area contributed by atoms with Crippen molar-refractivity contribution in [3.63, 3.8) is 0 Å². The fraction of sp³-hybridized carbons (Fsp3) is 0.400. The summed E-state index contributed by atoms with van der Waals surface area (Å²) >= 11 is 25.5. The molecule has 0 spiro atoms. The molecule has 0 saturated heterocycles. The molecule has 10 rings (SSSR count). The molecule has 1 aliphatic heterocycles. The first-order valence-corrected chi connectivity index (χ1v) is 39.7. The number of hydrogen-bond acceptors (Lipinski definition) is 22. The van der Waals surface area contributed by atoms with Crippen LogP contribution in [0.3, 0.4) is 0 Å². The van der Waals surface area contributed by atoms with Crippen molar-refractivity contribution < 1.29 is 64.0 Å². The molecule has 1 aliphatic carbocycles. The Morgan fingerprint density at radius 3 is 1.00 bits per heavy atom. The Hall–Kier alpha value is -9.67. The minimum absolute atomic E-state index is 0.0252. The number of thiocarbonyl (C=S) groups is 3. The van der Waals surface area contributed by atoms with Crippen LogP contribution in [0.15, 0.2) is 193 Å². The zero-order chi connectivity index (χ0) is 89.9. The summed E-state index contributed by atoms with van der Waals surface area (Å²) in [6, 6.07) is 22.4. The number of carbonyl (C=O) groups excluding carboxylic acids is 3. The van der Waals surface area contributed by atoms with Crippen LogP contribution in [0.2, 0.25) is 0 Å². The van der Waals surface area contributed by atoms with Crippen molar-refractivity contribution in [3.05, 3.63) is 217 Å². The molecule has 2 aliphatic rings. The first kappa shape index (κ1) is 124. The molecule has 1 aromatic carbocycles. The number of phenolic OH excluding ortho intramolecular Hbond substituents is 1. The van der Waals surface area contributed by atoms with E-state index in [1.807, 2.05) is 224 Å². The average Bonchev–Trinajstić information content (AvgIpc) is 1.62. The smallest absolute Gasteiger partial charge is 0.512 e. The van der Waals surface area contributed by atoms with E-state index in [1.165, 1.54) is 64.6 Å². The van der Waals surface area contributed by atoms with E-state index in [9.17, 15) is 29.1 Å². The van der Waals surface area contributed by atoms with Crippen LogP contribution in [0, 0.1) is 0 Å². The van der Waals surface area contributed by atoms with Crippen molar-refractivity contribution in [2.45, 2.75) is 219 Å². The number of pyridine rings is 2. The highest BCUT2D eigenvalue weighted by Crippen LogP contribution is 2.23. The van der Waals surface area contributed by atoms with E-state index in [0.717, 1.165) is 38.3 Å². The molecule has 8 heterocycles. The van der Waals surface area contributed by atoms with Crippen molar-refractivity contribution in [2.75, 3.05) is 0 Å². The second-order valence-corrected chi connectivity index (χ2v) is 22.0. The Morgan fingerprint density at radius 2 is 0.796 bits per heavy atom. The molecule has 0 saturated carbocycles. The molecule has 0 fully saturated rings. The number of thiol groups is 3. The summed E-state index contributed by atoms with van der Waals surface area (Å²) < 4.78 is 9.07. The highest BCUT2D eigenvalue weighted by Gasteiger charge is 2.52. The van der Waals surface area contributed by atoms with Gasteiger partial charge in [-0.2, -0.15) is 0 Å². The number of ketones is 3. The summed E-state index contributed by atoms with van der Waals surface area (Å²) in [5, 5.41) is 68.7. The van der Waals surface area contributed by atoms with Gasteiger partial charge in [0.15, 0.2) is 23.0 Å². The second kappa shape index (κ2) is 87.9. The van der Waals surface area contributed by atoms with Crippen molar-refractivity contribution >= 4 is 142 Å². The molecule has 0 atom stereocenters. The van der Waals surface area contributed by atoms with Crippen LogP contribution in [0.1, 0.15) is 262 Å². The van der Waals surface area contributed by atoms with E-state index in [1.54, 1.807) is 87.6 Å². The summed E-state index contributed by atoms with van der Waals surface area (Å²) in [5.74, 6) is -2.56. The Labute approximate surface area is 706 Å². The molecule has 8 aromatic rings. The number of aliphatic carboxylic acids is 1. The lowest BCUT2D eigenvalue weighted by molar-refractivity contribution is -0.408. The summed E-state index contributed by atoms with van der Waals surface area (Å²) in [6.07, 6.45) is 30.9. The van der Waals surface area contributed by atoms with Gasteiger partial charge in [-0.05, 0) is 134 Å². The lowest BCUT2D eigenvalue weighted by Gasteiger charge is -2.32. The maximum atomic E-state index is 10.8. The Kier molecular flexibility index (Phi) is 96.6.